The van der Waals surface area contributed by atoms with Gasteiger partial charge in [-0.3, -0.25) is 4.79 Å². The third-order valence-electron chi connectivity index (χ3n) is 1.54. The summed E-state index contributed by atoms with van der Waals surface area (Å²) in [6.07, 6.45) is 3.46. The van der Waals surface area contributed by atoms with Gasteiger partial charge in [-0.15, -0.1) is 0 Å². The van der Waals surface area contributed by atoms with E-state index in [1.54, 1.807) is 0 Å². The largest absolute Gasteiger partial charge is 0.373 e. The first-order chi connectivity index (χ1) is 4.84. The molecule has 1 aliphatic heterocycles. The van der Waals surface area contributed by atoms with E-state index in [2.05, 4.69) is 0 Å². The Morgan fingerprint density at radius 3 is 3.10 bits per heavy atom. The molecule has 1 aliphatic rings. The highest BCUT2D eigenvalue weighted by Crippen LogP contribution is 2.08. The lowest BCUT2D eigenvalue weighted by Gasteiger charge is -1.96. The SMILES string of the molecule is CCCC(=O)C1=CCOC1. The van der Waals surface area contributed by atoms with Crippen LogP contribution in [0.3, 0.4) is 0 Å². The molecule has 0 aromatic carbocycles. The molecule has 0 amide bonds. The van der Waals surface area contributed by atoms with E-state index < -0.39 is 0 Å². The molecule has 0 radical (unpaired) electrons. The predicted octanol–water partition coefficient (Wildman–Crippen LogP) is 1.31. The second-order valence-corrected chi connectivity index (χ2v) is 2.42. The molecule has 0 saturated carbocycles. The normalized spacial score (nSPS) is 17.1. The minimum absolute atomic E-state index is 0.250. The molecule has 0 atom stereocenters. The van der Waals surface area contributed by atoms with Crippen LogP contribution in [0.1, 0.15) is 19.8 Å². The van der Waals surface area contributed by atoms with Crippen LogP contribution in [0.2, 0.25) is 0 Å². The van der Waals surface area contributed by atoms with Crippen molar-refractivity contribution in [3.8, 4) is 0 Å². The maximum atomic E-state index is 11.1. The van der Waals surface area contributed by atoms with Crippen molar-refractivity contribution in [1.29, 1.82) is 0 Å². The van der Waals surface area contributed by atoms with E-state index in [4.69, 9.17) is 4.74 Å². The second-order valence-electron chi connectivity index (χ2n) is 2.42. The number of hydrogen-bond acceptors (Lipinski definition) is 2. The van der Waals surface area contributed by atoms with Gasteiger partial charge in [-0.1, -0.05) is 6.92 Å². The summed E-state index contributed by atoms with van der Waals surface area (Å²) < 4.78 is 5.01. The predicted molar refractivity (Wildman–Crippen MR) is 38.8 cm³/mol. The zero-order valence-corrected chi connectivity index (χ0v) is 6.22. The fourth-order valence-corrected chi connectivity index (χ4v) is 0.969. The van der Waals surface area contributed by atoms with Crippen molar-refractivity contribution in [3.05, 3.63) is 11.6 Å². The lowest BCUT2D eigenvalue weighted by Crippen LogP contribution is -2.02. The maximum absolute atomic E-state index is 11.1. The van der Waals surface area contributed by atoms with Crippen LogP contribution in [-0.4, -0.2) is 19.0 Å². The lowest BCUT2D eigenvalue weighted by molar-refractivity contribution is -0.115. The zero-order valence-electron chi connectivity index (χ0n) is 6.22. The smallest absolute Gasteiger partial charge is 0.160 e. The molecule has 56 valence electrons. The molecule has 0 bridgehead atoms. The molecule has 0 aliphatic carbocycles. The summed E-state index contributed by atoms with van der Waals surface area (Å²) in [5.41, 5.74) is 0.863. The Morgan fingerprint density at radius 2 is 2.60 bits per heavy atom. The monoisotopic (exact) mass is 140 g/mol. The van der Waals surface area contributed by atoms with Crippen molar-refractivity contribution in [2.45, 2.75) is 19.8 Å². The standard InChI is InChI=1S/C8H12O2/c1-2-3-8(9)7-4-5-10-6-7/h4H,2-3,5-6H2,1H3. The third kappa shape index (κ3) is 1.67. The number of Topliss-reactive ketones (excluding diaryl/α,β-unsaturated/α-hetero) is 1. The Labute approximate surface area is 60.9 Å². The van der Waals surface area contributed by atoms with Gasteiger partial charge in [0.2, 0.25) is 0 Å². The fourth-order valence-electron chi connectivity index (χ4n) is 0.969. The van der Waals surface area contributed by atoms with Crippen LogP contribution in [-0.2, 0) is 9.53 Å². The summed E-state index contributed by atoms with van der Waals surface area (Å²) in [6.45, 7) is 3.15. The van der Waals surface area contributed by atoms with E-state index in [1.165, 1.54) is 0 Å². The molecule has 0 aromatic heterocycles. The van der Waals surface area contributed by atoms with Crippen LogP contribution in [0, 0.1) is 0 Å². The van der Waals surface area contributed by atoms with Crippen LogP contribution in [0.5, 0.6) is 0 Å². The molecular weight excluding hydrogens is 128 g/mol. The van der Waals surface area contributed by atoms with Crippen molar-refractivity contribution in [2.75, 3.05) is 13.2 Å². The van der Waals surface area contributed by atoms with Gasteiger partial charge in [-0.2, -0.15) is 0 Å². The van der Waals surface area contributed by atoms with Gasteiger partial charge in [0, 0.05) is 12.0 Å². The van der Waals surface area contributed by atoms with E-state index in [1.807, 2.05) is 13.0 Å². The number of ether oxygens (including phenoxy) is 1. The van der Waals surface area contributed by atoms with Gasteiger partial charge in [0.1, 0.15) is 0 Å². The van der Waals surface area contributed by atoms with Gasteiger partial charge in [0.05, 0.1) is 13.2 Å². The summed E-state index contributed by atoms with van der Waals surface area (Å²) in [6, 6.07) is 0. The number of carbonyl (C=O) groups excluding carboxylic acids is 1. The lowest BCUT2D eigenvalue weighted by atomic mass is 10.1. The van der Waals surface area contributed by atoms with Crippen molar-refractivity contribution >= 4 is 5.78 Å². The molecule has 2 nitrogen and oxygen atoms in total. The van der Waals surface area contributed by atoms with Gasteiger partial charge in [-0.05, 0) is 12.5 Å². The minimum atomic E-state index is 0.250. The van der Waals surface area contributed by atoms with Crippen molar-refractivity contribution in [3.63, 3.8) is 0 Å². The van der Waals surface area contributed by atoms with Gasteiger partial charge in [-0.25, -0.2) is 0 Å². The Hall–Kier alpha value is -0.630. The van der Waals surface area contributed by atoms with Crippen molar-refractivity contribution < 1.29 is 9.53 Å². The molecular formula is C8H12O2. The van der Waals surface area contributed by atoms with E-state index in [0.29, 0.717) is 19.6 Å². The average Bonchev–Trinajstić information content (AvgIpc) is 2.38. The minimum Gasteiger partial charge on any atom is -0.373 e. The summed E-state index contributed by atoms with van der Waals surface area (Å²) in [5, 5.41) is 0. The first-order valence-electron chi connectivity index (χ1n) is 3.64. The quantitative estimate of drug-likeness (QED) is 0.590. The van der Waals surface area contributed by atoms with Crippen LogP contribution in [0.25, 0.3) is 0 Å². The van der Waals surface area contributed by atoms with Gasteiger partial charge >= 0.3 is 0 Å². The average molecular weight is 140 g/mol. The van der Waals surface area contributed by atoms with Gasteiger partial charge in [0.15, 0.2) is 5.78 Å². The topological polar surface area (TPSA) is 26.3 Å². The Bertz CT molecular complexity index is 159. The summed E-state index contributed by atoms with van der Waals surface area (Å²) in [4.78, 5) is 11.1. The molecule has 1 rings (SSSR count). The maximum Gasteiger partial charge on any atom is 0.160 e. The molecule has 0 unspecified atom stereocenters. The Balaban J connectivity index is 2.40. The second kappa shape index (κ2) is 3.52. The first-order valence-corrected chi connectivity index (χ1v) is 3.64. The Kier molecular flexibility index (Phi) is 2.63. The molecule has 10 heavy (non-hydrogen) atoms. The molecule has 0 spiro atoms. The van der Waals surface area contributed by atoms with Crippen LogP contribution in [0.4, 0.5) is 0 Å². The number of hydrogen-bond donors (Lipinski definition) is 0. The van der Waals surface area contributed by atoms with Gasteiger partial charge < -0.3 is 4.74 Å². The third-order valence-corrected chi connectivity index (χ3v) is 1.54. The van der Waals surface area contributed by atoms with E-state index in [9.17, 15) is 4.79 Å². The van der Waals surface area contributed by atoms with Crippen LogP contribution >= 0.6 is 0 Å². The first kappa shape index (κ1) is 7.48. The highest BCUT2D eigenvalue weighted by atomic mass is 16.5. The van der Waals surface area contributed by atoms with Crippen molar-refractivity contribution in [2.24, 2.45) is 0 Å². The summed E-state index contributed by atoms with van der Waals surface area (Å²) >= 11 is 0. The van der Waals surface area contributed by atoms with Crippen molar-refractivity contribution in [1.82, 2.24) is 0 Å². The highest BCUT2D eigenvalue weighted by Gasteiger charge is 2.11. The Morgan fingerprint density at radius 1 is 1.80 bits per heavy atom. The molecule has 0 fully saturated rings. The number of carbonyl (C=O) groups is 1. The number of ketones is 1. The van der Waals surface area contributed by atoms with E-state index in [-0.39, 0.29) is 5.78 Å². The molecule has 1 heterocycles. The van der Waals surface area contributed by atoms with E-state index >= 15 is 0 Å². The van der Waals surface area contributed by atoms with E-state index in [0.717, 1.165) is 12.0 Å². The van der Waals surface area contributed by atoms with Crippen LogP contribution < -0.4 is 0 Å². The zero-order chi connectivity index (χ0) is 7.40. The molecule has 2 heteroatoms. The summed E-state index contributed by atoms with van der Waals surface area (Å²) in [5.74, 6) is 0.250. The highest BCUT2D eigenvalue weighted by molar-refractivity contribution is 5.95. The molecule has 0 aromatic rings. The molecule has 0 N–H and O–H groups in total. The number of rotatable bonds is 3. The van der Waals surface area contributed by atoms with Gasteiger partial charge in [0.25, 0.3) is 0 Å². The molecule has 0 saturated heterocycles. The fraction of sp³-hybridized carbons (Fsp3) is 0.625. The summed E-state index contributed by atoms with van der Waals surface area (Å²) in [7, 11) is 0. The van der Waals surface area contributed by atoms with Crippen LogP contribution in [0.15, 0.2) is 11.6 Å².